The van der Waals surface area contributed by atoms with Crippen LogP contribution in [0.5, 0.6) is 0 Å². The van der Waals surface area contributed by atoms with E-state index >= 15 is 0 Å². The average Bonchev–Trinajstić information content (AvgIpc) is 2.75. The van der Waals surface area contributed by atoms with Gasteiger partial charge in [-0.25, -0.2) is 4.39 Å². The zero-order chi connectivity index (χ0) is 11.4. The molecule has 1 heterocycles. The second-order valence-electron chi connectivity index (χ2n) is 3.60. The molecule has 0 fully saturated rings. The molecule has 0 aliphatic heterocycles. The molecule has 0 spiro atoms. The third-order valence-electron chi connectivity index (χ3n) is 2.51. The van der Waals surface area contributed by atoms with Gasteiger partial charge in [-0.3, -0.25) is 5.10 Å². The molecule has 3 nitrogen and oxygen atoms in total. The number of likely N-dealkylation sites (N-methyl/N-ethyl adjacent to an activating group) is 1. The molecule has 84 valence electrons. The zero-order valence-electron chi connectivity index (χ0n) is 9.13. The summed E-state index contributed by atoms with van der Waals surface area (Å²) in [6, 6.07) is 6.72. The van der Waals surface area contributed by atoms with E-state index in [2.05, 4.69) is 15.5 Å². The molecule has 4 heteroatoms. The van der Waals surface area contributed by atoms with Crippen molar-refractivity contribution < 1.29 is 4.39 Å². The smallest absolute Gasteiger partial charge is 0.132 e. The number of benzene rings is 1. The maximum atomic E-state index is 13.6. The first-order valence-electron chi connectivity index (χ1n) is 5.24. The quantitative estimate of drug-likeness (QED) is 0.825. The minimum absolute atomic E-state index is 0.225. The van der Waals surface area contributed by atoms with Gasteiger partial charge >= 0.3 is 0 Å². The highest BCUT2D eigenvalue weighted by molar-refractivity contribution is 5.63. The summed E-state index contributed by atoms with van der Waals surface area (Å²) in [5.74, 6) is -0.225. The van der Waals surface area contributed by atoms with Crippen molar-refractivity contribution in [3.05, 3.63) is 41.8 Å². The van der Waals surface area contributed by atoms with Gasteiger partial charge < -0.3 is 5.32 Å². The summed E-state index contributed by atoms with van der Waals surface area (Å²) in [5.41, 5.74) is 2.37. The summed E-state index contributed by atoms with van der Waals surface area (Å²) in [7, 11) is 1.89. The van der Waals surface area contributed by atoms with Crippen LogP contribution in [-0.2, 0) is 6.42 Å². The van der Waals surface area contributed by atoms with Crippen LogP contribution in [0.4, 0.5) is 4.39 Å². The van der Waals surface area contributed by atoms with E-state index in [1.807, 2.05) is 13.1 Å². The molecule has 2 N–H and O–H groups in total. The molecule has 0 saturated heterocycles. The number of nitrogens with zero attached hydrogens (tertiary/aromatic N) is 1. The molecule has 2 rings (SSSR count). The van der Waals surface area contributed by atoms with Crippen LogP contribution in [0, 0.1) is 5.82 Å². The minimum Gasteiger partial charge on any atom is -0.319 e. The van der Waals surface area contributed by atoms with Crippen molar-refractivity contribution in [3.8, 4) is 11.3 Å². The molecule has 1 aromatic carbocycles. The normalized spacial score (nSPS) is 10.6. The molecule has 0 aliphatic rings. The molecule has 0 radical (unpaired) electrons. The predicted molar refractivity (Wildman–Crippen MR) is 61.6 cm³/mol. The molecule has 2 aromatic rings. The highest BCUT2D eigenvalue weighted by atomic mass is 19.1. The maximum Gasteiger partial charge on any atom is 0.132 e. The maximum absolute atomic E-state index is 13.6. The summed E-state index contributed by atoms with van der Waals surface area (Å²) in [5, 5.41) is 9.89. The SMILES string of the molecule is CNCCc1cn[nH]c1-c1ccccc1F. The van der Waals surface area contributed by atoms with Crippen molar-refractivity contribution in [3.63, 3.8) is 0 Å². The first-order chi connectivity index (χ1) is 7.83. The van der Waals surface area contributed by atoms with Gasteiger partial charge in [-0.05, 0) is 37.7 Å². The van der Waals surface area contributed by atoms with Crippen LogP contribution in [0.1, 0.15) is 5.56 Å². The van der Waals surface area contributed by atoms with Gasteiger partial charge in [-0.15, -0.1) is 0 Å². The Morgan fingerprint density at radius 1 is 1.38 bits per heavy atom. The van der Waals surface area contributed by atoms with Crippen molar-refractivity contribution in [1.29, 1.82) is 0 Å². The lowest BCUT2D eigenvalue weighted by molar-refractivity contribution is 0.630. The van der Waals surface area contributed by atoms with Gasteiger partial charge in [0.05, 0.1) is 11.9 Å². The van der Waals surface area contributed by atoms with Crippen LogP contribution < -0.4 is 5.32 Å². The number of aromatic nitrogens is 2. The van der Waals surface area contributed by atoms with E-state index in [-0.39, 0.29) is 5.82 Å². The van der Waals surface area contributed by atoms with Crippen LogP contribution in [0.3, 0.4) is 0 Å². The minimum atomic E-state index is -0.225. The largest absolute Gasteiger partial charge is 0.319 e. The van der Waals surface area contributed by atoms with E-state index in [9.17, 15) is 4.39 Å². The number of halogens is 1. The Morgan fingerprint density at radius 3 is 2.94 bits per heavy atom. The molecule has 1 aromatic heterocycles. The van der Waals surface area contributed by atoms with E-state index in [4.69, 9.17) is 0 Å². The molecule has 0 saturated carbocycles. The molecule has 16 heavy (non-hydrogen) atoms. The second kappa shape index (κ2) is 4.90. The fourth-order valence-corrected chi connectivity index (χ4v) is 1.66. The van der Waals surface area contributed by atoms with Gasteiger partial charge in [-0.1, -0.05) is 12.1 Å². The molecule has 0 bridgehead atoms. The fourth-order valence-electron chi connectivity index (χ4n) is 1.66. The van der Waals surface area contributed by atoms with Crippen molar-refractivity contribution in [2.45, 2.75) is 6.42 Å². The Hall–Kier alpha value is -1.68. The van der Waals surface area contributed by atoms with Gasteiger partial charge in [0.1, 0.15) is 5.82 Å². The molecular formula is C12H14FN3. The van der Waals surface area contributed by atoms with Gasteiger partial charge in [0.25, 0.3) is 0 Å². The van der Waals surface area contributed by atoms with E-state index in [0.717, 1.165) is 24.2 Å². The van der Waals surface area contributed by atoms with Crippen LogP contribution in [0.25, 0.3) is 11.3 Å². The summed E-state index contributed by atoms with van der Waals surface area (Å²) in [6.45, 7) is 0.848. The summed E-state index contributed by atoms with van der Waals surface area (Å²) < 4.78 is 13.6. The Kier molecular flexibility index (Phi) is 3.31. The lowest BCUT2D eigenvalue weighted by Crippen LogP contribution is -2.10. The molecular weight excluding hydrogens is 205 g/mol. The first kappa shape index (κ1) is 10.8. The van der Waals surface area contributed by atoms with Crippen LogP contribution in [-0.4, -0.2) is 23.8 Å². The molecule has 0 amide bonds. The molecule has 0 unspecified atom stereocenters. The Labute approximate surface area is 93.7 Å². The predicted octanol–water partition coefficient (Wildman–Crippen LogP) is 1.98. The number of hydrogen-bond donors (Lipinski definition) is 2. The lowest BCUT2D eigenvalue weighted by atomic mass is 10.1. The van der Waals surface area contributed by atoms with Crippen molar-refractivity contribution in [1.82, 2.24) is 15.5 Å². The second-order valence-corrected chi connectivity index (χ2v) is 3.60. The van der Waals surface area contributed by atoms with Gasteiger partial charge in [0.15, 0.2) is 0 Å². The van der Waals surface area contributed by atoms with E-state index in [1.165, 1.54) is 6.07 Å². The number of nitrogens with one attached hydrogen (secondary N) is 2. The van der Waals surface area contributed by atoms with Crippen LogP contribution >= 0.6 is 0 Å². The summed E-state index contributed by atoms with van der Waals surface area (Å²) >= 11 is 0. The van der Waals surface area contributed by atoms with Gasteiger partial charge in [-0.2, -0.15) is 5.10 Å². The topological polar surface area (TPSA) is 40.7 Å². The number of hydrogen-bond acceptors (Lipinski definition) is 2. The summed E-state index contributed by atoms with van der Waals surface area (Å²) in [6.07, 6.45) is 2.58. The fraction of sp³-hybridized carbons (Fsp3) is 0.250. The third-order valence-corrected chi connectivity index (χ3v) is 2.51. The van der Waals surface area contributed by atoms with E-state index in [1.54, 1.807) is 18.3 Å². The average molecular weight is 219 g/mol. The summed E-state index contributed by atoms with van der Waals surface area (Å²) in [4.78, 5) is 0. The molecule has 0 aliphatic carbocycles. The number of H-pyrrole nitrogens is 1. The van der Waals surface area contributed by atoms with E-state index < -0.39 is 0 Å². The Balaban J connectivity index is 2.33. The Bertz CT molecular complexity index is 465. The van der Waals surface area contributed by atoms with Gasteiger partial charge in [0, 0.05) is 5.56 Å². The standard InChI is InChI=1S/C12H14FN3/c1-14-7-6-9-8-15-16-12(9)10-4-2-3-5-11(10)13/h2-5,8,14H,6-7H2,1H3,(H,15,16). The zero-order valence-corrected chi connectivity index (χ0v) is 9.13. The molecule has 0 atom stereocenters. The van der Waals surface area contributed by atoms with Crippen LogP contribution in [0.2, 0.25) is 0 Å². The van der Waals surface area contributed by atoms with Crippen molar-refractivity contribution in [2.24, 2.45) is 0 Å². The van der Waals surface area contributed by atoms with Crippen LogP contribution in [0.15, 0.2) is 30.5 Å². The first-order valence-corrected chi connectivity index (χ1v) is 5.24. The monoisotopic (exact) mass is 219 g/mol. The highest BCUT2D eigenvalue weighted by Gasteiger charge is 2.10. The van der Waals surface area contributed by atoms with Gasteiger partial charge in [0.2, 0.25) is 0 Å². The number of aromatic amines is 1. The third kappa shape index (κ3) is 2.12. The Morgan fingerprint density at radius 2 is 2.19 bits per heavy atom. The lowest BCUT2D eigenvalue weighted by Gasteiger charge is -2.04. The number of rotatable bonds is 4. The van der Waals surface area contributed by atoms with Crippen molar-refractivity contribution >= 4 is 0 Å². The van der Waals surface area contributed by atoms with Crippen molar-refractivity contribution in [2.75, 3.05) is 13.6 Å². The van der Waals surface area contributed by atoms with E-state index in [0.29, 0.717) is 5.56 Å². The highest BCUT2D eigenvalue weighted by Crippen LogP contribution is 2.23.